The molecule has 7 rings (SSSR count). The molecular weight excluding hydrogens is 508 g/mol. The molecule has 0 unspecified atom stereocenters. The van der Waals surface area contributed by atoms with Crippen molar-refractivity contribution in [1.29, 1.82) is 0 Å². The fourth-order valence-corrected chi connectivity index (χ4v) is 5.42. The van der Waals surface area contributed by atoms with E-state index < -0.39 is 0 Å². The van der Waals surface area contributed by atoms with Crippen molar-refractivity contribution in [2.45, 2.75) is 0 Å². The van der Waals surface area contributed by atoms with Crippen LogP contribution in [0.1, 0.15) is 0 Å². The van der Waals surface area contributed by atoms with Crippen LogP contribution in [0.4, 0.5) is 0 Å². The van der Waals surface area contributed by atoms with Gasteiger partial charge in [-0.15, -0.1) is 0 Å². The van der Waals surface area contributed by atoms with Crippen molar-refractivity contribution < 1.29 is 9.97 Å². The maximum atomic E-state index is 3.66. The largest absolute Gasteiger partial charge is 0.211 e. The first kappa shape index (κ1) is 25.4. The van der Waals surface area contributed by atoms with E-state index in [4.69, 9.17) is 0 Å². The van der Waals surface area contributed by atoms with Gasteiger partial charge in [-0.25, -0.2) is 9.97 Å². The number of H-pyrrole nitrogens is 2. The van der Waals surface area contributed by atoms with Crippen molar-refractivity contribution in [1.82, 2.24) is 0 Å². The third kappa shape index (κ3) is 5.39. The molecule has 198 valence electrons. The summed E-state index contributed by atoms with van der Waals surface area (Å²) in [6.45, 7) is 0. The first-order chi connectivity index (χ1) is 20.8. The predicted octanol–water partition coefficient (Wildman–Crippen LogP) is 9.32. The van der Waals surface area contributed by atoms with Crippen molar-refractivity contribution in [2.24, 2.45) is 0 Å². The van der Waals surface area contributed by atoms with E-state index in [0.29, 0.717) is 0 Å². The van der Waals surface area contributed by atoms with Crippen molar-refractivity contribution in [2.75, 3.05) is 0 Å². The number of rotatable bonds is 6. The fraction of sp³-hybridized carbons (Fsp3) is 0. The van der Waals surface area contributed by atoms with E-state index in [1.165, 1.54) is 22.3 Å². The Morgan fingerprint density at radius 1 is 0.214 bits per heavy atom. The molecule has 0 amide bonds. The molecule has 0 aliphatic carbocycles. The van der Waals surface area contributed by atoms with Gasteiger partial charge < -0.3 is 0 Å². The molecule has 0 radical (unpaired) electrons. The Labute approximate surface area is 246 Å². The van der Waals surface area contributed by atoms with Crippen LogP contribution in [0.5, 0.6) is 0 Å². The van der Waals surface area contributed by atoms with Gasteiger partial charge in [-0.3, -0.25) is 0 Å². The zero-order valence-corrected chi connectivity index (χ0v) is 23.2. The number of benzene rings is 5. The Bertz CT molecular complexity index is 1670. The topological polar surface area (TPSA) is 28.3 Å². The van der Waals surface area contributed by atoms with Gasteiger partial charge >= 0.3 is 0 Å². The number of hydrogen-bond donors (Lipinski definition) is 0. The summed E-state index contributed by atoms with van der Waals surface area (Å²) in [5, 5.41) is 0. The predicted molar refractivity (Wildman–Crippen MR) is 172 cm³/mol. The highest BCUT2D eigenvalue weighted by Crippen LogP contribution is 2.32. The third-order valence-electron chi connectivity index (χ3n) is 7.63. The monoisotopic (exact) mass is 538 g/mol. The average Bonchev–Trinajstić information content (AvgIpc) is 3.09. The lowest BCUT2D eigenvalue weighted by Gasteiger charge is -2.08. The van der Waals surface area contributed by atoms with Gasteiger partial charge in [0.25, 0.3) is 0 Å². The van der Waals surface area contributed by atoms with Crippen LogP contribution in [-0.4, -0.2) is 0 Å². The van der Waals surface area contributed by atoms with Crippen LogP contribution in [0.25, 0.3) is 67.3 Å². The van der Waals surface area contributed by atoms with Gasteiger partial charge in [0, 0.05) is 46.5 Å². The molecule has 0 atom stereocenters. The highest BCUT2D eigenvalue weighted by Gasteiger charge is 2.17. The molecule has 2 N–H and O–H groups in total. The van der Waals surface area contributed by atoms with Gasteiger partial charge in [0.15, 0.2) is 0 Å². The number of aromatic nitrogens is 2. The van der Waals surface area contributed by atoms with E-state index in [-0.39, 0.29) is 0 Å². The third-order valence-corrected chi connectivity index (χ3v) is 7.63. The molecule has 0 saturated carbocycles. The normalized spacial score (nSPS) is 10.9. The Hall–Kier alpha value is -5.60. The lowest BCUT2D eigenvalue weighted by atomic mass is 9.96. The molecule has 0 spiro atoms. The second-order valence-corrected chi connectivity index (χ2v) is 10.4. The van der Waals surface area contributed by atoms with Crippen LogP contribution in [0.2, 0.25) is 0 Å². The summed E-state index contributed by atoms with van der Waals surface area (Å²) >= 11 is 0. The molecule has 2 heteroatoms. The van der Waals surface area contributed by atoms with E-state index >= 15 is 0 Å². The molecule has 42 heavy (non-hydrogen) atoms. The van der Waals surface area contributed by atoms with Gasteiger partial charge in [-0.1, -0.05) is 97.1 Å². The van der Waals surface area contributed by atoms with Crippen LogP contribution >= 0.6 is 0 Å². The van der Waals surface area contributed by atoms with Gasteiger partial charge in [-0.05, 0) is 70.8 Å². The van der Waals surface area contributed by atoms with Gasteiger partial charge in [0.1, 0.15) is 0 Å². The smallest absolute Gasteiger partial charge is 0.204 e. The molecular formula is C40H30N2+2. The summed E-state index contributed by atoms with van der Waals surface area (Å²) in [4.78, 5) is 7.33. The lowest BCUT2D eigenvalue weighted by Crippen LogP contribution is -2.11. The Balaban J connectivity index is 1.31. The maximum Gasteiger partial charge on any atom is 0.211 e. The molecule has 0 aliphatic heterocycles. The number of pyridine rings is 2. The summed E-state index contributed by atoms with van der Waals surface area (Å²) in [6.07, 6.45) is 0. The SMILES string of the molecule is c1ccc(-c2cc(-c3ccc(-c4cc(-c5ccccc5)[nH+]c(-c5ccccc5)c4)cc3)cc(-c3ccccc3)[nH+]2)cc1. The van der Waals surface area contributed by atoms with Crippen LogP contribution in [0, 0.1) is 0 Å². The molecule has 0 fully saturated rings. The Kier molecular flexibility index (Phi) is 6.94. The molecule has 0 saturated heterocycles. The van der Waals surface area contributed by atoms with E-state index in [1.54, 1.807) is 0 Å². The van der Waals surface area contributed by atoms with Gasteiger partial charge in [0.2, 0.25) is 22.8 Å². The van der Waals surface area contributed by atoms with Gasteiger partial charge in [0.05, 0.1) is 0 Å². The molecule has 0 aliphatic rings. The van der Waals surface area contributed by atoms with Crippen molar-refractivity contribution in [3.63, 3.8) is 0 Å². The van der Waals surface area contributed by atoms with Crippen molar-refractivity contribution in [3.05, 3.63) is 170 Å². The van der Waals surface area contributed by atoms with Crippen LogP contribution in [0.15, 0.2) is 170 Å². The highest BCUT2D eigenvalue weighted by atomic mass is 14.7. The van der Waals surface area contributed by atoms with Crippen molar-refractivity contribution >= 4 is 0 Å². The summed E-state index contributed by atoms with van der Waals surface area (Å²) in [7, 11) is 0. The minimum absolute atomic E-state index is 1.09. The second kappa shape index (κ2) is 11.5. The minimum Gasteiger partial charge on any atom is -0.204 e. The highest BCUT2D eigenvalue weighted by molar-refractivity contribution is 5.78. The Morgan fingerprint density at radius 3 is 0.690 bits per heavy atom. The summed E-state index contributed by atoms with van der Waals surface area (Å²) in [5.41, 5.74) is 13.7. The first-order valence-electron chi connectivity index (χ1n) is 14.3. The van der Waals surface area contributed by atoms with E-state index in [2.05, 4.69) is 180 Å². The minimum atomic E-state index is 1.09. The fourth-order valence-electron chi connectivity index (χ4n) is 5.42. The van der Waals surface area contributed by atoms with E-state index in [1.807, 2.05) is 0 Å². The van der Waals surface area contributed by atoms with E-state index in [0.717, 1.165) is 45.0 Å². The molecule has 2 heterocycles. The van der Waals surface area contributed by atoms with E-state index in [9.17, 15) is 0 Å². The van der Waals surface area contributed by atoms with Gasteiger partial charge in [-0.2, -0.15) is 0 Å². The first-order valence-corrected chi connectivity index (χ1v) is 14.3. The van der Waals surface area contributed by atoms with Crippen LogP contribution < -0.4 is 9.97 Å². The molecule has 7 aromatic rings. The zero-order chi connectivity index (χ0) is 28.1. The standard InChI is InChI=1S/C40H28N2/c1-5-13-31(14-6-1)37-25-35(26-38(41-37)32-15-7-2-8-16-32)29-21-23-30(24-22-29)36-27-39(33-17-9-3-10-18-33)42-40(28-36)34-19-11-4-12-20-34/h1-28H/p+2. The maximum absolute atomic E-state index is 3.66. The Morgan fingerprint density at radius 2 is 0.452 bits per heavy atom. The average molecular weight is 539 g/mol. The number of aromatic amines is 2. The van der Waals surface area contributed by atoms with Crippen LogP contribution in [0.3, 0.4) is 0 Å². The van der Waals surface area contributed by atoms with Crippen molar-refractivity contribution in [3.8, 4) is 67.3 Å². The number of hydrogen-bond acceptors (Lipinski definition) is 0. The summed E-state index contributed by atoms with van der Waals surface area (Å²) < 4.78 is 0. The molecule has 0 bridgehead atoms. The number of nitrogens with one attached hydrogen (secondary N) is 2. The lowest BCUT2D eigenvalue weighted by molar-refractivity contribution is -0.351. The quantitative estimate of drug-likeness (QED) is 0.202. The second-order valence-electron chi connectivity index (χ2n) is 10.4. The summed E-state index contributed by atoms with van der Waals surface area (Å²) in [5.74, 6) is 0. The molecule has 5 aromatic carbocycles. The zero-order valence-electron chi connectivity index (χ0n) is 23.2. The summed E-state index contributed by atoms with van der Waals surface area (Å²) in [6, 6.07) is 59.9. The van der Waals surface area contributed by atoms with Crippen LogP contribution in [-0.2, 0) is 0 Å². The molecule has 2 nitrogen and oxygen atoms in total. The molecule has 2 aromatic heterocycles.